The second-order valence-corrected chi connectivity index (χ2v) is 6.72. The first kappa shape index (κ1) is 24.0. The minimum Gasteiger partial charge on any atom is -0.316 e. The summed E-state index contributed by atoms with van der Waals surface area (Å²) in [5.74, 6) is 0. The molecule has 0 spiro atoms. The van der Waals surface area contributed by atoms with Crippen LogP contribution >= 0.6 is 24.8 Å². The molecule has 0 aromatic heterocycles. The lowest BCUT2D eigenvalue weighted by Crippen LogP contribution is -2.16. The summed E-state index contributed by atoms with van der Waals surface area (Å²) in [4.78, 5) is 0. The van der Waals surface area contributed by atoms with Gasteiger partial charge in [-0.05, 0) is 91.8 Å². The molecule has 0 bridgehead atoms. The van der Waals surface area contributed by atoms with Crippen molar-refractivity contribution in [2.24, 2.45) is 0 Å². The van der Waals surface area contributed by atoms with Crippen LogP contribution in [0.4, 0.5) is 0 Å². The number of fused-ring (bicyclic) bond motifs is 2. The van der Waals surface area contributed by atoms with Gasteiger partial charge in [-0.25, -0.2) is 0 Å². The van der Waals surface area contributed by atoms with Crippen molar-refractivity contribution < 1.29 is 0 Å². The van der Waals surface area contributed by atoms with Crippen molar-refractivity contribution in [2.75, 3.05) is 19.6 Å². The van der Waals surface area contributed by atoms with Crippen LogP contribution in [-0.2, 0) is 25.8 Å². The predicted octanol–water partition coefficient (Wildman–Crippen LogP) is 3.68. The van der Waals surface area contributed by atoms with E-state index < -0.39 is 0 Å². The van der Waals surface area contributed by atoms with Gasteiger partial charge in [0.2, 0.25) is 0 Å². The highest BCUT2D eigenvalue weighted by Crippen LogP contribution is 2.16. The Morgan fingerprint density at radius 1 is 0.643 bits per heavy atom. The van der Waals surface area contributed by atoms with Gasteiger partial charge >= 0.3 is 0 Å². The van der Waals surface area contributed by atoms with Crippen LogP contribution in [0.1, 0.15) is 39.8 Å². The van der Waals surface area contributed by atoms with Gasteiger partial charge in [-0.3, -0.25) is 0 Å². The molecule has 2 aromatic carbocycles. The number of nitriles is 2. The summed E-state index contributed by atoms with van der Waals surface area (Å²) in [5, 5.41) is 24.2. The molecular weight excluding hydrogens is 391 g/mol. The Labute approximate surface area is 179 Å². The fourth-order valence-electron chi connectivity index (χ4n) is 3.47. The monoisotopic (exact) mass is 416 g/mol. The summed E-state index contributed by atoms with van der Waals surface area (Å²) in [6.07, 6.45) is 4.39. The van der Waals surface area contributed by atoms with Gasteiger partial charge < -0.3 is 10.6 Å². The summed E-state index contributed by atoms with van der Waals surface area (Å²) < 4.78 is 0. The van der Waals surface area contributed by atoms with Crippen LogP contribution in [0, 0.1) is 22.7 Å². The molecule has 0 amide bonds. The Bertz CT molecular complexity index is 781. The van der Waals surface area contributed by atoms with E-state index in [-0.39, 0.29) is 24.8 Å². The molecule has 0 saturated heterocycles. The van der Waals surface area contributed by atoms with E-state index in [1.807, 2.05) is 24.3 Å². The van der Waals surface area contributed by atoms with Crippen molar-refractivity contribution >= 4 is 24.8 Å². The van der Waals surface area contributed by atoms with Crippen molar-refractivity contribution in [3.05, 3.63) is 69.8 Å². The van der Waals surface area contributed by atoms with Crippen molar-refractivity contribution in [3.8, 4) is 12.1 Å². The van der Waals surface area contributed by atoms with Gasteiger partial charge in [-0.2, -0.15) is 10.5 Å². The first-order valence-corrected chi connectivity index (χ1v) is 9.25. The molecule has 148 valence electrons. The molecule has 0 aliphatic carbocycles. The number of halogens is 2. The maximum Gasteiger partial charge on any atom is 0.0991 e. The number of nitrogens with one attached hydrogen (secondary N) is 2. The molecule has 2 heterocycles. The number of hydrogen-bond donors (Lipinski definition) is 2. The maximum atomic E-state index is 8.74. The first-order chi connectivity index (χ1) is 12.8. The van der Waals surface area contributed by atoms with E-state index in [9.17, 15) is 0 Å². The number of aryl methyl sites for hydroxylation is 1. The third-order valence-corrected chi connectivity index (χ3v) is 4.93. The Hall–Kier alpha value is -2.08. The molecule has 0 atom stereocenters. The van der Waals surface area contributed by atoms with Crippen LogP contribution < -0.4 is 10.6 Å². The van der Waals surface area contributed by atoms with E-state index >= 15 is 0 Å². The Morgan fingerprint density at radius 2 is 1.21 bits per heavy atom. The van der Waals surface area contributed by atoms with Crippen LogP contribution in [0.15, 0.2) is 36.4 Å². The zero-order valence-electron chi connectivity index (χ0n) is 15.8. The van der Waals surface area contributed by atoms with Gasteiger partial charge in [0.1, 0.15) is 0 Å². The summed E-state index contributed by atoms with van der Waals surface area (Å²) >= 11 is 0. The topological polar surface area (TPSA) is 71.6 Å². The largest absolute Gasteiger partial charge is 0.316 e. The van der Waals surface area contributed by atoms with E-state index in [0.29, 0.717) is 0 Å². The first-order valence-electron chi connectivity index (χ1n) is 9.25. The molecular formula is C22H26Cl2N4. The number of benzene rings is 2. The fourth-order valence-corrected chi connectivity index (χ4v) is 3.47. The van der Waals surface area contributed by atoms with E-state index in [4.69, 9.17) is 10.5 Å². The van der Waals surface area contributed by atoms with Crippen LogP contribution in [0.25, 0.3) is 0 Å². The minimum absolute atomic E-state index is 0. The molecule has 0 saturated carbocycles. The summed E-state index contributed by atoms with van der Waals surface area (Å²) in [5.41, 5.74) is 6.97. The Morgan fingerprint density at radius 3 is 1.86 bits per heavy atom. The summed E-state index contributed by atoms with van der Waals surface area (Å²) in [6.45, 7) is 4.11. The molecule has 2 aliphatic rings. The molecule has 2 aromatic rings. The maximum absolute atomic E-state index is 8.74. The van der Waals surface area contributed by atoms with Gasteiger partial charge in [0.25, 0.3) is 0 Å². The van der Waals surface area contributed by atoms with Gasteiger partial charge in [0, 0.05) is 6.54 Å². The standard InChI is InChI=1S/2C11H12N2.2ClH/c12-8-9-1-2-10-3-5-13-6-4-11(10)7-9;12-7-9-3-4-11-8-13-5-1-2-10(11)6-9;;/h1-2,7,13H,3-6H2;3-4,6,13H,1-2,5,8H2;2*1H. The van der Waals surface area contributed by atoms with E-state index in [1.165, 1.54) is 28.7 Å². The zero-order valence-corrected chi connectivity index (χ0v) is 17.5. The van der Waals surface area contributed by atoms with Crippen molar-refractivity contribution in [1.29, 1.82) is 10.5 Å². The third kappa shape index (κ3) is 6.51. The molecule has 2 aliphatic heterocycles. The Kier molecular flexibility index (Phi) is 10.6. The van der Waals surface area contributed by atoms with E-state index in [2.05, 4.69) is 34.9 Å². The van der Waals surface area contributed by atoms with E-state index in [1.54, 1.807) is 0 Å². The quantitative estimate of drug-likeness (QED) is 0.686. The lowest BCUT2D eigenvalue weighted by molar-refractivity contribution is 0.681. The normalized spacial score (nSPS) is 14.5. The average molecular weight is 417 g/mol. The number of rotatable bonds is 0. The second kappa shape index (κ2) is 12.4. The predicted molar refractivity (Wildman–Crippen MR) is 117 cm³/mol. The lowest BCUT2D eigenvalue weighted by Gasteiger charge is -2.04. The van der Waals surface area contributed by atoms with Gasteiger partial charge in [-0.1, -0.05) is 12.1 Å². The van der Waals surface area contributed by atoms with Crippen molar-refractivity contribution in [3.63, 3.8) is 0 Å². The molecule has 6 heteroatoms. The van der Waals surface area contributed by atoms with Crippen LogP contribution in [0.3, 0.4) is 0 Å². The fraction of sp³-hybridized carbons (Fsp3) is 0.364. The smallest absolute Gasteiger partial charge is 0.0991 e. The molecule has 4 nitrogen and oxygen atoms in total. The van der Waals surface area contributed by atoms with Crippen LogP contribution in [0.2, 0.25) is 0 Å². The third-order valence-electron chi connectivity index (χ3n) is 4.93. The molecule has 0 radical (unpaired) electrons. The molecule has 2 N–H and O–H groups in total. The highest BCUT2D eigenvalue weighted by atomic mass is 35.5. The van der Waals surface area contributed by atoms with Gasteiger partial charge in [-0.15, -0.1) is 24.8 Å². The lowest BCUT2D eigenvalue weighted by atomic mass is 10.0. The highest BCUT2D eigenvalue weighted by molar-refractivity contribution is 5.85. The van der Waals surface area contributed by atoms with Crippen LogP contribution in [0.5, 0.6) is 0 Å². The highest BCUT2D eigenvalue weighted by Gasteiger charge is 2.08. The minimum atomic E-state index is 0. The average Bonchev–Trinajstić information content (AvgIpc) is 3.07. The molecule has 28 heavy (non-hydrogen) atoms. The molecule has 0 fully saturated rings. The summed E-state index contributed by atoms with van der Waals surface area (Å²) in [7, 11) is 0. The van der Waals surface area contributed by atoms with Crippen molar-refractivity contribution in [1.82, 2.24) is 10.6 Å². The number of nitrogens with zero attached hydrogens (tertiary/aromatic N) is 2. The molecule has 4 rings (SSSR count). The van der Waals surface area contributed by atoms with Gasteiger partial charge in [0.05, 0.1) is 23.3 Å². The second-order valence-electron chi connectivity index (χ2n) is 6.72. The summed E-state index contributed by atoms with van der Waals surface area (Å²) in [6, 6.07) is 16.3. The van der Waals surface area contributed by atoms with Gasteiger partial charge in [0.15, 0.2) is 0 Å². The molecule has 0 unspecified atom stereocenters. The van der Waals surface area contributed by atoms with Crippen molar-refractivity contribution in [2.45, 2.75) is 32.2 Å². The van der Waals surface area contributed by atoms with Crippen LogP contribution in [-0.4, -0.2) is 19.6 Å². The SMILES string of the molecule is Cl.Cl.N#Cc1ccc2c(c1)CCCNC2.N#Cc1ccc2c(c1)CCNCC2. The van der Waals surface area contributed by atoms with E-state index in [0.717, 1.165) is 56.6 Å². The number of hydrogen-bond acceptors (Lipinski definition) is 4. The zero-order chi connectivity index (χ0) is 18.2. The Balaban J connectivity index is 0.000000261.